The first kappa shape index (κ1) is 16.8. The van der Waals surface area contributed by atoms with Crippen LogP contribution in [0.4, 0.5) is 0 Å². The summed E-state index contributed by atoms with van der Waals surface area (Å²) in [5, 5.41) is 0. The summed E-state index contributed by atoms with van der Waals surface area (Å²) in [6.45, 7) is 3.99. The third kappa shape index (κ3) is 2.69. The molecule has 0 unspecified atom stereocenters. The van der Waals surface area contributed by atoms with E-state index >= 15 is 0 Å². The molecule has 2 heterocycles. The van der Waals surface area contributed by atoms with Gasteiger partial charge in [-0.1, -0.05) is 19.3 Å². The number of carbonyl (C=O) groups excluding carboxylic acids is 1. The van der Waals surface area contributed by atoms with Gasteiger partial charge < -0.3 is 9.72 Å². The number of aromatic amines is 1. The van der Waals surface area contributed by atoms with Gasteiger partial charge in [0.1, 0.15) is 11.3 Å². The number of ether oxygens (including phenoxy) is 1. The predicted molar refractivity (Wildman–Crippen MR) is 99.8 cm³/mol. The molecule has 2 aromatic heterocycles. The maximum atomic E-state index is 12.6. The minimum absolute atomic E-state index is 0.145. The van der Waals surface area contributed by atoms with Gasteiger partial charge in [0, 0.05) is 5.92 Å². The summed E-state index contributed by atoms with van der Waals surface area (Å²) in [5.41, 5.74) is 3.13. The van der Waals surface area contributed by atoms with Crippen molar-refractivity contribution in [1.29, 1.82) is 0 Å². The van der Waals surface area contributed by atoms with Crippen LogP contribution in [-0.4, -0.2) is 26.9 Å². The summed E-state index contributed by atoms with van der Waals surface area (Å²) in [7, 11) is 0. The Labute approximate surface area is 151 Å². The maximum absolute atomic E-state index is 12.6. The molecule has 26 heavy (non-hydrogen) atoms. The molecule has 0 bridgehead atoms. The van der Waals surface area contributed by atoms with E-state index in [-0.39, 0.29) is 11.5 Å². The molecular formula is C20H23N3O3. The molecule has 0 amide bonds. The van der Waals surface area contributed by atoms with Crippen LogP contribution in [0.2, 0.25) is 0 Å². The SMILES string of the molecule is CCOC(=O)c1ccc2[nH]c(=O)c3c(C)nc(C4CCCCC4)n3c2c1. The lowest BCUT2D eigenvalue weighted by atomic mass is 9.88. The zero-order valence-corrected chi connectivity index (χ0v) is 15.2. The van der Waals surface area contributed by atoms with Gasteiger partial charge in [0.05, 0.1) is 28.9 Å². The Balaban J connectivity index is 2.00. The number of esters is 1. The molecule has 3 aromatic rings. The fourth-order valence-corrected chi connectivity index (χ4v) is 4.04. The third-order valence-corrected chi connectivity index (χ3v) is 5.26. The van der Waals surface area contributed by atoms with Crippen LogP contribution in [0.15, 0.2) is 23.0 Å². The number of rotatable bonds is 3. The molecule has 1 aliphatic rings. The van der Waals surface area contributed by atoms with E-state index in [4.69, 9.17) is 9.72 Å². The first-order chi connectivity index (χ1) is 12.6. The molecule has 4 rings (SSSR count). The van der Waals surface area contributed by atoms with E-state index < -0.39 is 0 Å². The Morgan fingerprint density at radius 1 is 1.31 bits per heavy atom. The predicted octanol–water partition coefficient (Wildman–Crippen LogP) is 3.71. The zero-order valence-electron chi connectivity index (χ0n) is 15.2. The average molecular weight is 353 g/mol. The number of carbonyl (C=O) groups is 1. The second-order valence-corrected chi connectivity index (χ2v) is 6.98. The van der Waals surface area contributed by atoms with Gasteiger partial charge >= 0.3 is 5.97 Å². The quantitative estimate of drug-likeness (QED) is 0.728. The average Bonchev–Trinajstić information content (AvgIpc) is 3.01. The van der Waals surface area contributed by atoms with Crippen molar-refractivity contribution < 1.29 is 9.53 Å². The van der Waals surface area contributed by atoms with Gasteiger partial charge in [-0.3, -0.25) is 9.20 Å². The van der Waals surface area contributed by atoms with Crippen LogP contribution in [0.1, 0.15) is 66.8 Å². The van der Waals surface area contributed by atoms with Crippen LogP contribution in [0, 0.1) is 6.92 Å². The van der Waals surface area contributed by atoms with E-state index in [0.29, 0.717) is 29.1 Å². The van der Waals surface area contributed by atoms with Gasteiger partial charge in [0.25, 0.3) is 5.56 Å². The molecule has 0 spiro atoms. The highest BCUT2D eigenvalue weighted by Gasteiger charge is 2.24. The van der Waals surface area contributed by atoms with Gasteiger partial charge in [-0.25, -0.2) is 9.78 Å². The lowest BCUT2D eigenvalue weighted by Crippen LogP contribution is -2.15. The Bertz CT molecular complexity index is 1040. The normalized spacial score (nSPS) is 15.6. The Kier molecular flexibility index (Phi) is 4.26. The fraction of sp³-hybridized carbons (Fsp3) is 0.450. The highest BCUT2D eigenvalue weighted by atomic mass is 16.5. The monoisotopic (exact) mass is 353 g/mol. The highest BCUT2D eigenvalue weighted by Crippen LogP contribution is 2.33. The molecule has 0 atom stereocenters. The molecule has 6 heteroatoms. The van der Waals surface area contributed by atoms with Crippen LogP contribution < -0.4 is 5.56 Å². The van der Waals surface area contributed by atoms with Gasteiger partial charge in [-0.2, -0.15) is 0 Å². The molecule has 1 aliphatic carbocycles. The summed E-state index contributed by atoms with van der Waals surface area (Å²) in [5.74, 6) is 0.931. The van der Waals surface area contributed by atoms with Crippen molar-refractivity contribution in [2.75, 3.05) is 6.61 Å². The number of imidazole rings is 1. The minimum Gasteiger partial charge on any atom is -0.462 e. The van der Waals surface area contributed by atoms with Crippen LogP contribution in [0.5, 0.6) is 0 Å². The minimum atomic E-state index is -0.357. The smallest absolute Gasteiger partial charge is 0.338 e. The summed E-state index contributed by atoms with van der Waals surface area (Å²) in [6.07, 6.45) is 5.81. The number of benzene rings is 1. The number of nitrogens with one attached hydrogen (secondary N) is 1. The molecule has 0 saturated heterocycles. The molecule has 1 fully saturated rings. The molecule has 0 aliphatic heterocycles. The van der Waals surface area contributed by atoms with Gasteiger partial charge in [0.15, 0.2) is 0 Å². The zero-order chi connectivity index (χ0) is 18.3. The van der Waals surface area contributed by atoms with Crippen molar-refractivity contribution in [2.45, 2.75) is 51.9 Å². The Hall–Kier alpha value is -2.63. The van der Waals surface area contributed by atoms with E-state index in [1.165, 1.54) is 19.3 Å². The number of nitrogens with zero attached hydrogens (tertiary/aromatic N) is 2. The van der Waals surface area contributed by atoms with E-state index in [9.17, 15) is 9.59 Å². The van der Waals surface area contributed by atoms with Gasteiger partial charge in [-0.05, 0) is 44.9 Å². The number of aromatic nitrogens is 3. The van der Waals surface area contributed by atoms with Crippen molar-refractivity contribution in [3.8, 4) is 0 Å². The summed E-state index contributed by atoms with van der Waals surface area (Å²) in [4.78, 5) is 32.5. The second kappa shape index (κ2) is 6.59. The standard InChI is InChI=1S/C20H23N3O3/c1-3-26-20(25)14-9-10-15-16(11-14)23-17(19(24)22-15)12(2)21-18(23)13-7-5-4-6-8-13/h9-11,13H,3-8H2,1-2H3,(H,22,24). The number of H-pyrrole nitrogens is 1. The van der Waals surface area contributed by atoms with Crippen LogP contribution >= 0.6 is 0 Å². The first-order valence-electron chi connectivity index (χ1n) is 9.32. The summed E-state index contributed by atoms with van der Waals surface area (Å²) >= 11 is 0. The molecular weight excluding hydrogens is 330 g/mol. The largest absolute Gasteiger partial charge is 0.462 e. The van der Waals surface area contributed by atoms with Crippen LogP contribution in [0.3, 0.4) is 0 Å². The van der Waals surface area contributed by atoms with Crippen molar-refractivity contribution >= 4 is 22.5 Å². The molecule has 1 N–H and O–H groups in total. The van der Waals surface area contributed by atoms with E-state index in [0.717, 1.165) is 29.9 Å². The van der Waals surface area contributed by atoms with Crippen molar-refractivity contribution in [1.82, 2.24) is 14.4 Å². The first-order valence-corrected chi connectivity index (χ1v) is 9.32. The number of hydrogen-bond acceptors (Lipinski definition) is 4. The van der Waals surface area contributed by atoms with E-state index in [2.05, 4.69) is 4.98 Å². The van der Waals surface area contributed by atoms with Crippen LogP contribution in [0.25, 0.3) is 16.6 Å². The van der Waals surface area contributed by atoms with E-state index in [1.54, 1.807) is 25.1 Å². The second-order valence-electron chi connectivity index (χ2n) is 6.98. The Morgan fingerprint density at radius 2 is 2.08 bits per heavy atom. The summed E-state index contributed by atoms with van der Waals surface area (Å²) in [6, 6.07) is 5.25. The molecule has 0 radical (unpaired) electrons. The van der Waals surface area contributed by atoms with Crippen molar-refractivity contribution in [3.05, 3.63) is 45.6 Å². The number of aryl methyl sites for hydroxylation is 1. The van der Waals surface area contributed by atoms with Crippen LogP contribution in [-0.2, 0) is 4.74 Å². The maximum Gasteiger partial charge on any atom is 0.338 e. The highest BCUT2D eigenvalue weighted by molar-refractivity contribution is 5.94. The number of fused-ring (bicyclic) bond motifs is 3. The molecule has 6 nitrogen and oxygen atoms in total. The Morgan fingerprint density at radius 3 is 2.81 bits per heavy atom. The topological polar surface area (TPSA) is 76.5 Å². The fourth-order valence-electron chi connectivity index (χ4n) is 4.04. The third-order valence-electron chi connectivity index (χ3n) is 5.26. The molecule has 136 valence electrons. The van der Waals surface area contributed by atoms with E-state index in [1.807, 2.05) is 11.3 Å². The molecule has 1 aromatic carbocycles. The van der Waals surface area contributed by atoms with Crippen molar-refractivity contribution in [3.63, 3.8) is 0 Å². The molecule has 1 saturated carbocycles. The number of hydrogen-bond donors (Lipinski definition) is 1. The van der Waals surface area contributed by atoms with Crippen molar-refractivity contribution in [2.24, 2.45) is 0 Å². The lowest BCUT2D eigenvalue weighted by molar-refractivity contribution is 0.0526. The van der Waals surface area contributed by atoms with Gasteiger partial charge in [0.2, 0.25) is 0 Å². The summed E-state index contributed by atoms with van der Waals surface area (Å²) < 4.78 is 7.09. The lowest BCUT2D eigenvalue weighted by Gasteiger charge is -2.21. The van der Waals surface area contributed by atoms with Gasteiger partial charge in [-0.15, -0.1) is 0 Å².